The standard InChI is InChI=1S/C29H40F3N3O2/c30-29(31,32)37-25-11-8-21(9-12-25)10-13-27(36)33-14-2-4-15-34-17-5-6-22-18-23-19-24(28(22)34)20-35-16-3-1-7-26(23)35/h8-9,11-12,18,23-24,26,28H,1-7,10,13-17,19-20H2,(H,33,36)/t23-,24+,26+,28+/m0/s1. The van der Waals surface area contributed by atoms with E-state index in [2.05, 4.69) is 25.9 Å². The summed E-state index contributed by atoms with van der Waals surface area (Å²) in [5.74, 6) is 1.28. The molecule has 37 heavy (non-hydrogen) atoms. The summed E-state index contributed by atoms with van der Waals surface area (Å²) in [5, 5.41) is 3.01. The smallest absolute Gasteiger partial charge is 0.406 e. The van der Waals surface area contributed by atoms with Gasteiger partial charge in [-0.15, -0.1) is 13.2 Å². The molecular formula is C29H40F3N3O2. The van der Waals surface area contributed by atoms with E-state index >= 15 is 0 Å². The average Bonchev–Trinajstić information content (AvgIpc) is 2.87. The van der Waals surface area contributed by atoms with Crippen LogP contribution in [0.1, 0.15) is 63.4 Å². The molecule has 3 saturated heterocycles. The number of carbonyl (C=O) groups excluding carboxylic acids is 1. The monoisotopic (exact) mass is 519 g/mol. The maximum atomic E-state index is 12.3. The highest BCUT2D eigenvalue weighted by Gasteiger charge is 2.45. The predicted molar refractivity (Wildman–Crippen MR) is 137 cm³/mol. The lowest BCUT2D eigenvalue weighted by Crippen LogP contribution is -2.59. The van der Waals surface area contributed by atoms with Crippen molar-refractivity contribution < 1.29 is 22.7 Å². The second kappa shape index (κ2) is 11.8. The molecule has 4 atom stereocenters. The van der Waals surface area contributed by atoms with Gasteiger partial charge in [-0.25, -0.2) is 0 Å². The molecule has 1 aliphatic carbocycles. The number of carbonyl (C=O) groups is 1. The summed E-state index contributed by atoms with van der Waals surface area (Å²) in [7, 11) is 0. The zero-order valence-electron chi connectivity index (χ0n) is 21.6. The van der Waals surface area contributed by atoms with Crippen molar-refractivity contribution >= 4 is 5.91 Å². The van der Waals surface area contributed by atoms with Gasteiger partial charge in [0.2, 0.25) is 5.91 Å². The lowest BCUT2D eigenvalue weighted by atomic mass is 9.68. The third-order valence-electron chi connectivity index (χ3n) is 8.75. The number of likely N-dealkylation sites (tertiary alicyclic amines) is 1. The van der Waals surface area contributed by atoms with Crippen molar-refractivity contribution in [3.05, 3.63) is 41.5 Å². The van der Waals surface area contributed by atoms with Crippen LogP contribution in [0, 0.1) is 11.8 Å². The summed E-state index contributed by atoms with van der Waals surface area (Å²) < 4.78 is 40.7. The number of nitrogens with zero attached hydrogens (tertiary/aromatic N) is 2. The lowest BCUT2D eigenvalue weighted by Gasteiger charge is -2.55. The number of hydrogen-bond donors (Lipinski definition) is 1. The number of hydrogen-bond acceptors (Lipinski definition) is 4. The molecule has 3 heterocycles. The van der Waals surface area contributed by atoms with Crippen LogP contribution in [-0.4, -0.2) is 66.9 Å². The fourth-order valence-corrected chi connectivity index (χ4v) is 7.21. The van der Waals surface area contributed by atoms with Crippen LogP contribution in [-0.2, 0) is 11.2 Å². The summed E-state index contributed by atoms with van der Waals surface area (Å²) in [6, 6.07) is 7.12. The van der Waals surface area contributed by atoms with Crippen LogP contribution in [0.3, 0.4) is 0 Å². The number of benzene rings is 1. The van der Waals surface area contributed by atoms with Gasteiger partial charge in [-0.3, -0.25) is 14.6 Å². The third kappa shape index (κ3) is 6.88. The van der Waals surface area contributed by atoms with Gasteiger partial charge in [0.1, 0.15) is 5.75 Å². The molecule has 3 fully saturated rings. The van der Waals surface area contributed by atoms with Gasteiger partial charge >= 0.3 is 6.36 Å². The number of nitrogens with one attached hydrogen (secondary N) is 1. The Morgan fingerprint density at radius 3 is 2.73 bits per heavy atom. The molecule has 3 aliphatic heterocycles. The van der Waals surface area contributed by atoms with Crippen molar-refractivity contribution in [3.8, 4) is 5.75 Å². The minimum Gasteiger partial charge on any atom is -0.406 e. The Balaban J connectivity index is 1.01. The van der Waals surface area contributed by atoms with Crippen LogP contribution in [0.25, 0.3) is 0 Å². The van der Waals surface area contributed by atoms with Crippen molar-refractivity contribution in [1.82, 2.24) is 15.1 Å². The molecule has 0 unspecified atom stereocenters. The van der Waals surface area contributed by atoms with Gasteiger partial charge < -0.3 is 10.1 Å². The van der Waals surface area contributed by atoms with Crippen LogP contribution in [0.5, 0.6) is 5.75 Å². The quantitative estimate of drug-likeness (QED) is 0.355. The number of aryl methyl sites for hydroxylation is 1. The zero-order chi connectivity index (χ0) is 25.8. The van der Waals surface area contributed by atoms with Crippen LogP contribution < -0.4 is 10.1 Å². The van der Waals surface area contributed by atoms with E-state index in [4.69, 9.17) is 0 Å². The first-order valence-electron chi connectivity index (χ1n) is 14.2. The predicted octanol–water partition coefficient (Wildman–Crippen LogP) is 5.31. The number of ether oxygens (including phenoxy) is 1. The summed E-state index contributed by atoms with van der Waals surface area (Å²) in [6.45, 7) is 5.50. The second-order valence-electron chi connectivity index (χ2n) is 11.3. The number of alkyl halides is 3. The molecule has 1 amide bonds. The Labute approximate surface area is 218 Å². The largest absolute Gasteiger partial charge is 0.573 e. The Kier molecular flexibility index (Phi) is 8.44. The van der Waals surface area contributed by atoms with Crippen LogP contribution in [0.2, 0.25) is 0 Å². The summed E-state index contributed by atoms with van der Waals surface area (Å²) in [4.78, 5) is 17.8. The van der Waals surface area contributed by atoms with Gasteiger partial charge in [-0.1, -0.05) is 30.2 Å². The highest BCUT2D eigenvalue weighted by Crippen LogP contribution is 2.45. The van der Waals surface area contributed by atoms with E-state index in [1.165, 1.54) is 70.3 Å². The second-order valence-corrected chi connectivity index (χ2v) is 11.3. The SMILES string of the molecule is O=C(CCc1ccc(OC(F)(F)F)cc1)NCCCCN1CCCC2=C[C@H]3C[C@H](CN4CCCC[C@H]34)[C@@H]21. The number of halogens is 3. The zero-order valence-corrected chi connectivity index (χ0v) is 21.6. The molecule has 8 heteroatoms. The summed E-state index contributed by atoms with van der Waals surface area (Å²) >= 11 is 0. The normalized spacial score (nSPS) is 28.1. The number of amides is 1. The van der Waals surface area contributed by atoms with Crippen molar-refractivity contribution in [2.75, 3.05) is 32.7 Å². The molecule has 5 nitrogen and oxygen atoms in total. The summed E-state index contributed by atoms with van der Waals surface area (Å²) in [5.41, 5.74) is 2.52. The number of rotatable bonds is 9. The molecule has 204 valence electrons. The molecule has 2 bridgehead atoms. The van der Waals surface area contributed by atoms with Crippen molar-refractivity contribution in [2.24, 2.45) is 11.8 Å². The van der Waals surface area contributed by atoms with Crippen molar-refractivity contribution in [2.45, 2.75) is 82.7 Å². The van der Waals surface area contributed by atoms with Gasteiger partial charge in [-0.2, -0.15) is 0 Å². The van der Waals surface area contributed by atoms with Gasteiger partial charge in [0.15, 0.2) is 0 Å². The van der Waals surface area contributed by atoms with Crippen LogP contribution >= 0.6 is 0 Å². The number of piperidine rings is 3. The minimum absolute atomic E-state index is 0.0181. The van der Waals surface area contributed by atoms with E-state index < -0.39 is 6.36 Å². The molecule has 0 radical (unpaired) electrons. The van der Waals surface area contributed by atoms with Gasteiger partial charge in [-0.05, 0) is 101 Å². The topological polar surface area (TPSA) is 44.8 Å². The summed E-state index contributed by atoms with van der Waals surface area (Å²) in [6.07, 6.45) is 8.85. The van der Waals surface area contributed by atoms with Crippen LogP contribution in [0.4, 0.5) is 13.2 Å². The van der Waals surface area contributed by atoms with E-state index in [9.17, 15) is 18.0 Å². The van der Waals surface area contributed by atoms with E-state index in [0.29, 0.717) is 25.4 Å². The first-order valence-corrected chi connectivity index (χ1v) is 14.2. The molecule has 1 aromatic rings. The van der Waals surface area contributed by atoms with E-state index in [1.807, 2.05) is 0 Å². The Morgan fingerprint density at radius 1 is 1.08 bits per heavy atom. The number of fused-ring (bicyclic) bond motifs is 6. The van der Waals surface area contributed by atoms with E-state index in [0.717, 1.165) is 42.8 Å². The third-order valence-corrected chi connectivity index (χ3v) is 8.75. The molecule has 0 aromatic heterocycles. The molecule has 0 spiro atoms. The average molecular weight is 520 g/mol. The molecule has 1 aromatic carbocycles. The Morgan fingerprint density at radius 2 is 1.92 bits per heavy atom. The van der Waals surface area contributed by atoms with Gasteiger partial charge in [0.05, 0.1) is 0 Å². The molecule has 4 aliphatic rings. The molecule has 5 rings (SSSR count). The lowest BCUT2D eigenvalue weighted by molar-refractivity contribution is -0.274. The van der Waals surface area contributed by atoms with E-state index in [-0.39, 0.29) is 11.7 Å². The van der Waals surface area contributed by atoms with E-state index in [1.54, 1.807) is 17.7 Å². The van der Waals surface area contributed by atoms with Crippen molar-refractivity contribution in [3.63, 3.8) is 0 Å². The highest BCUT2D eigenvalue weighted by atomic mass is 19.4. The Bertz CT molecular complexity index is 949. The molecular weight excluding hydrogens is 479 g/mol. The fraction of sp³-hybridized carbons (Fsp3) is 0.690. The highest BCUT2D eigenvalue weighted by molar-refractivity contribution is 5.76. The molecule has 1 N–H and O–H groups in total. The maximum Gasteiger partial charge on any atom is 0.573 e. The minimum atomic E-state index is -4.69. The fourth-order valence-electron chi connectivity index (χ4n) is 7.21. The van der Waals surface area contributed by atoms with Crippen LogP contribution in [0.15, 0.2) is 35.9 Å². The number of unbranched alkanes of at least 4 members (excludes halogenated alkanes) is 1. The first kappa shape index (κ1) is 26.5. The van der Waals surface area contributed by atoms with Gasteiger partial charge in [0.25, 0.3) is 0 Å². The van der Waals surface area contributed by atoms with Crippen molar-refractivity contribution in [1.29, 1.82) is 0 Å². The molecule has 0 saturated carbocycles. The Hall–Kier alpha value is -2.06. The first-order chi connectivity index (χ1) is 17.9. The van der Waals surface area contributed by atoms with Gasteiger partial charge in [0, 0.05) is 31.6 Å². The maximum absolute atomic E-state index is 12.3.